The van der Waals surface area contributed by atoms with Crippen molar-refractivity contribution in [1.82, 2.24) is 47.1 Å². The lowest BCUT2D eigenvalue weighted by Crippen LogP contribution is -2.64. The van der Waals surface area contributed by atoms with Gasteiger partial charge >= 0.3 is 17.9 Å². The quantitative estimate of drug-likeness (QED) is 0.0289. The molecule has 18 N–H and O–H groups in total. The van der Waals surface area contributed by atoms with Gasteiger partial charge in [0.15, 0.2) is 0 Å². The van der Waals surface area contributed by atoms with Crippen LogP contribution in [0.5, 0.6) is 0 Å². The van der Waals surface area contributed by atoms with Gasteiger partial charge in [-0.3, -0.25) is 72.0 Å². The third kappa shape index (κ3) is 23.9. The number of amides is 10. The molecule has 2 aromatic rings. The topological polar surface area (TPSA) is 501 Å². The summed E-state index contributed by atoms with van der Waals surface area (Å²) in [7, 11) is 0. The van der Waals surface area contributed by atoms with Gasteiger partial charge in [0.05, 0.1) is 38.3 Å². The Hall–Kier alpha value is -8.38. The molecule has 0 spiro atoms. The van der Waals surface area contributed by atoms with Gasteiger partial charge in [0.2, 0.25) is 53.5 Å². The number of primary amides is 1. The number of carboxylic acid groups (broad SMARTS) is 3. The van der Waals surface area contributed by atoms with Crippen molar-refractivity contribution in [2.24, 2.45) is 17.2 Å². The Morgan fingerprint density at radius 3 is 1.64 bits per heavy atom. The van der Waals surface area contributed by atoms with Gasteiger partial charge in [0.25, 0.3) is 11.8 Å². The number of aromatic amines is 1. The van der Waals surface area contributed by atoms with Crippen molar-refractivity contribution in [2.75, 3.05) is 13.1 Å². The van der Waals surface area contributed by atoms with Crippen LogP contribution in [-0.2, 0) is 73.5 Å². The van der Waals surface area contributed by atoms with Crippen LogP contribution < -0.4 is 54.4 Å². The van der Waals surface area contributed by atoms with E-state index in [1.165, 1.54) is 6.29 Å². The average molecular weight is 1140 g/mol. The first-order valence-electron chi connectivity index (χ1n) is 26.2. The maximum atomic E-state index is 14.3. The highest BCUT2D eigenvalue weighted by Crippen LogP contribution is 2.20. The van der Waals surface area contributed by atoms with Gasteiger partial charge in [-0.1, -0.05) is 63.6 Å². The molecule has 447 valence electrons. The highest BCUT2D eigenvalue weighted by Gasteiger charge is 2.43. The van der Waals surface area contributed by atoms with E-state index >= 15 is 0 Å². The Bertz CT molecular complexity index is 2560. The lowest BCUT2D eigenvalue weighted by atomic mass is 10.0. The minimum atomic E-state index is -2.42. The largest absolute Gasteiger partial charge is 0.481 e. The first-order valence-corrected chi connectivity index (χ1v) is 26.2. The van der Waals surface area contributed by atoms with Gasteiger partial charge in [0.1, 0.15) is 48.3 Å². The number of imide groups is 1. The van der Waals surface area contributed by atoms with Gasteiger partial charge in [-0.25, -0.2) is 0 Å². The van der Waals surface area contributed by atoms with Crippen LogP contribution in [0.15, 0.2) is 30.5 Å². The second-order valence-electron chi connectivity index (χ2n) is 19.1. The van der Waals surface area contributed by atoms with E-state index in [-0.39, 0.29) is 37.1 Å². The number of aliphatic hydroxyl groups is 1. The molecule has 0 aliphatic carbocycles. The van der Waals surface area contributed by atoms with Crippen molar-refractivity contribution in [3.8, 4) is 0 Å². The molecule has 10 amide bonds. The summed E-state index contributed by atoms with van der Waals surface area (Å²) in [5, 5.41) is 56.0. The van der Waals surface area contributed by atoms with Crippen LogP contribution in [0.3, 0.4) is 0 Å². The van der Waals surface area contributed by atoms with Crippen LogP contribution in [0.2, 0.25) is 0 Å². The standard InChI is InChI=1S/C51H75N12O18/c1-4-5-6-7-8-9-10-17-39(67)58-34(19-29-25-55-32-15-12-11-14-31(29)32)47(77)59-35(21-38(54)66)48(78)61-37(23-43(73)74)49(79)62-44(28(3)65)51(81)63(30(26-64)20-41(69)70)50(80)27(2)56-46(76)36(22-42(71)72)60-45(75)33(16-13-18-52)57-40(68)24-53/h11-12,14-15,25,27-28,30,33-37,44,55,65H,4-10,13,16-24,52-53H2,1-3H3,(H2,54,66)(H,56,76)(H,57,68)(H,58,67)(H,59,77)(H,60,75)(H,61,78)(H,62,79)(H,69,70)(H,71,72)(H,73,74)/t27-,28-,30+,33+,34-,35-,36-,37+,44+/m1/s1. The number of carboxylic acids is 3. The van der Waals surface area contributed by atoms with Gasteiger partial charge in [-0.05, 0) is 51.3 Å². The number of carbonyl (C=O) groups is 13. The third-order valence-electron chi connectivity index (χ3n) is 12.4. The molecule has 30 heteroatoms. The fourth-order valence-electron chi connectivity index (χ4n) is 8.22. The van der Waals surface area contributed by atoms with Crippen LogP contribution in [0, 0.1) is 0 Å². The normalized spacial score (nSPS) is 14.3. The Labute approximate surface area is 465 Å². The highest BCUT2D eigenvalue weighted by molar-refractivity contribution is 6.06. The number of aromatic nitrogens is 1. The highest BCUT2D eigenvalue weighted by atomic mass is 16.4. The van der Waals surface area contributed by atoms with Crippen molar-refractivity contribution in [1.29, 1.82) is 0 Å². The summed E-state index contributed by atoms with van der Waals surface area (Å²) in [6.45, 7) is 3.31. The molecule has 9 atom stereocenters. The number of benzene rings is 1. The van der Waals surface area contributed by atoms with E-state index in [2.05, 4.69) is 38.5 Å². The molecule has 81 heavy (non-hydrogen) atoms. The molecule has 0 aliphatic rings. The van der Waals surface area contributed by atoms with E-state index in [0.29, 0.717) is 22.9 Å². The minimum absolute atomic E-state index is 0.0425. The molecule has 1 aromatic carbocycles. The number of hydrogen-bond donors (Lipinski definition) is 15. The van der Waals surface area contributed by atoms with Crippen molar-refractivity contribution in [2.45, 2.75) is 172 Å². The molecule has 1 radical (unpaired) electrons. The number of rotatable bonds is 39. The second-order valence-corrected chi connectivity index (χ2v) is 19.1. The van der Waals surface area contributed by atoms with Crippen LogP contribution in [0.25, 0.3) is 10.9 Å². The van der Waals surface area contributed by atoms with Crippen LogP contribution in [-0.4, -0.2) is 181 Å². The van der Waals surface area contributed by atoms with Crippen molar-refractivity contribution in [3.05, 3.63) is 36.0 Å². The first-order chi connectivity index (χ1) is 38.3. The predicted octanol–water partition coefficient (Wildman–Crippen LogP) is -3.52. The molecule has 1 aromatic heterocycles. The summed E-state index contributed by atoms with van der Waals surface area (Å²) >= 11 is 0. The third-order valence-corrected chi connectivity index (χ3v) is 12.4. The number of nitrogens with two attached hydrogens (primary N) is 3. The van der Waals surface area contributed by atoms with E-state index in [1.54, 1.807) is 30.5 Å². The summed E-state index contributed by atoms with van der Waals surface area (Å²) in [6.07, 6.45) is 2.20. The van der Waals surface area contributed by atoms with E-state index in [0.717, 1.165) is 52.4 Å². The van der Waals surface area contributed by atoms with Gasteiger partial charge < -0.3 is 79.8 Å². The van der Waals surface area contributed by atoms with E-state index in [1.807, 2.05) is 10.6 Å². The zero-order valence-electron chi connectivity index (χ0n) is 45.3. The number of aliphatic hydroxyl groups excluding tert-OH is 1. The summed E-state index contributed by atoms with van der Waals surface area (Å²) in [5.74, 6) is -17.6. The van der Waals surface area contributed by atoms with Crippen LogP contribution in [0.1, 0.15) is 116 Å². The molecular weight excluding hydrogens is 1070 g/mol. The lowest BCUT2D eigenvalue weighted by Gasteiger charge is -2.33. The van der Waals surface area contributed by atoms with Crippen LogP contribution in [0.4, 0.5) is 0 Å². The predicted molar refractivity (Wildman–Crippen MR) is 285 cm³/mol. The number of para-hydroxylation sites is 1. The summed E-state index contributed by atoms with van der Waals surface area (Å²) < 4.78 is 0. The molecule has 0 saturated heterocycles. The molecule has 1 heterocycles. The monoisotopic (exact) mass is 1140 g/mol. The van der Waals surface area contributed by atoms with Gasteiger partial charge in [0, 0.05) is 29.9 Å². The molecule has 0 bridgehead atoms. The number of nitrogens with one attached hydrogen (secondary N) is 8. The fourth-order valence-corrected chi connectivity index (χ4v) is 8.22. The first kappa shape index (κ1) is 68.7. The molecule has 0 unspecified atom stereocenters. The summed E-state index contributed by atoms with van der Waals surface area (Å²) in [4.78, 5) is 186. The molecule has 0 fully saturated rings. The Balaban J connectivity index is 2.49. The number of hydrogen-bond acceptors (Lipinski definition) is 17. The number of unbranched alkanes of at least 4 members (excludes halogenated alkanes) is 6. The van der Waals surface area contributed by atoms with E-state index < -0.39 is 164 Å². The maximum Gasteiger partial charge on any atom is 0.305 e. The Morgan fingerprint density at radius 1 is 0.605 bits per heavy atom. The number of H-pyrrole nitrogens is 1. The average Bonchev–Trinajstić information content (AvgIpc) is 3.81. The SMILES string of the molecule is CCCCCCCCCC(=O)N[C@H](Cc1c[nH]c2ccccc12)C(=O)N[C@H](CC(N)=O)C(=O)N[C@@H](CC(=O)O)C(=O)N[C@H](C(=O)N(C(=O)[C@@H](C)NC(=O)[C@@H](CC(=O)O)NC(=O)[C@H](CCCN)NC(=O)CN)[C@H]([C]=O)CC(=O)O)[C@@H](C)O. The molecule has 2 rings (SSSR count). The number of aliphatic carboxylic acids is 3. The van der Waals surface area contributed by atoms with Gasteiger partial charge in [-0.2, -0.15) is 0 Å². The van der Waals surface area contributed by atoms with Gasteiger partial charge in [-0.15, -0.1) is 0 Å². The molecule has 0 saturated carbocycles. The fraction of sp³-hybridized carbons (Fsp3) is 0.569. The summed E-state index contributed by atoms with van der Waals surface area (Å²) in [5.41, 5.74) is 17.6. The zero-order chi connectivity index (χ0) is 60.9. The minimum Gasteiger partial charge on any atom is -0.481 e. The van der Waals surface area contributed by atoms with Crippen LogP contribution >= 0.6 is 0 Å². The molecular formula is C51H75N12O18. The number of nitrogens with zero attached hydrogens (tertiary/aromatic N) is 1. The summed E-state index contributed by atoms with van der Waals surface area (Å²) in [6, 6.07) is -8.78. The smallest absolute Gasteiger partial charge is 0.305 e. The lowest BCUT2D eigenvalue weighted by molar-refractivity contribution is -0.153. The van der Waals surface area contributed by atoms with Crippen molar-refractivity contribution >= 4 is 94.2 Å². The zero-order valence-corrected chi connectivity index (χ0v) is 45.3. The van der Waals surface area contributed by atoms with Crippen molar-refractivity contribution in [3.63, 3.8) is 0 Å². The van der Waals surface area contributed by atoms with E-state index in [9.17, 15) is 87.5 Å². The maximum absolute atomic E-state index is 14.3. The molecule has 30 nitrogen and oxygen atoms in total. The second kappa shape index (κ2) is 35.3. The van der Waals surface area contributed by atoms with Crippen molar-refractivity contribution < 1.29 is 87.5 Å². The Kier molecular flexibility index (Phi) is 29.9. The molecule has 0 aliphatic heterocycles. The number of fused-ring (bicyclic) bond motifs is 1. The number of carbonyl (C=O) groups excluding carboxylic acids is 11. The van der Waals surface area contributed by atoms with E-state index in [4.69, 9.17) is 17.2 Å². The Morgan fingerprint density at radius 2 is 1.11 bits per heavy atom.